The molecule has 0 aromatic carbocycles. The monoisotopic (exact) mass is 195 g/mol. The topological polar surface area (TPSA) is 12.9 Å². The number of hydrogen-bond acceptors (Lipinski definition) is 1. The minimum Gasteiger partial charge on any atom is -0.225 e. The van der Waals surface area contributed by atoms with Gasteiger partial charge in [-0.05, 0) is 31.2 Å². The molecule has 1 nitrogen and oxygen atoms in total. The van der Waals surface area contributed by atoms with E-state index in [1.165, 1.54) is 0 Å². The van der Waals surface area contributed by atoms with Crippen molar-refractivity contribution in [1.82, 2.24) is 4.98 Å². The molecule has 14 heavy (non-hydrogen) atoms. The van der Waals surface area contributed by atoms with Crippen molar-refractivity contribution in [3.8, 4) is 0 Å². The molecule has 1 aromatic heterocycles. The second-order valence-corrected chi connectivity index (χ2v) is 3.85. The van der Waals surface area contributed by atoms with Crippen molar-refractivity contribution in [3.63, 3.8) is 0 Å². The molecule has 0 amide bonds. The number of pyridine rings is 1. The van der Waals surface area contributed by atoms with Crippen LogP contribution in [0.3, 0.4) is 0 Å². The van der Waals surface area contributed by atoms with Crippen molar-refractivity contribution in [2.24, 2.45) is 0 Å². The lowest BCUT2D eigenvalue weighted by atomic mass is 10.00. The van der Waals surface area contributed by atoms with Gasteiger partial charge in [-0.15, -0.1) is 0 Å². The summed E-state index contributed by atoms with van der Waals surface area (Å²) in [6, 6.07) is 3.74. The Bertz CT molecular complexity index is 316. The minimum absolute atomic E-state index is 0.0881. The Morgan fingerprint density at radius 3 is 2.29 bits per heavy atom. The third kappa shape index (κ3) is 2.11. The number of aryl methyl sites for hydroxylation is 1. The van der Waals surface area contributed by atoms with Crippen LogP contribution in [0.25, 0.3) is 0 Å². The van der Waals surface area contributed by atoms with E-state index < -0.39 is 0 Å². The third-order valence-corrected chi connectivity index (χ3v) is 2.64. The lowest BCUT2D eigenvalue weighted by Gasteiger charge is -2.08. The Morgan fingerprint density at radius 2 is 1.86 bits per heavy atom. The molecule has 2 rings (SSSR count). The van der Waals surface area contributed by atoms with Crippen molar-refractivity contribution in [1.29, 1.82) is 0 Å². The van der Waals surface area contributed by atoms with Crippen LogP contribution in [0, 0.1) is 12.9 Å². The lowest BCUT2D eigenvalue weighted by molar-refractivity contribution is 0.543. The summed E-state index contributed by atoms with van der Waals surface area (Å²) in [5, 5.41) is 0. The Morgan fingerprint density at radius 1 is 1.29 bits per heavy atom. The second kappa shape index (κ2) is 4.07. The molecule has 1 aromatic rings. The van der Waals surface area contributed by atoms with E-state index in [1.54, 1.807) is 0 Å². The predicted octanol–water partition coefficient (Wildman–Crippen LogP) is 3.61. The highest BCUT2D eigenvalue weighted by Crippen LogP contribution is 2.48. The molecular weight excluding hydrogens is 177 g/mol. The first-order valence-corrected chi connectivity index (χ1v) is 5.25. The largest absolute Gasteiger partial charge is 0.225 e. The average Bonchev–Trinajstić information content (AvgIpc) is 2.87. The first kappa shape index (κ1) is 11.2. The standard InChI is InChI=1S/C10H12FN.C2H6/c1-7-3-4-8(9(11)12-7)10(2)5-6-10;1-2/h3-4H,5-6H2,1-2H3;1-2H3. The molecule has 78 valence electrons. The molecule has 1 aliphatic carbocycles. The summed E-state index contributed by atoms with van der Waals surface area (Å²) in [6.07, 6.45) is 2.18. The molecule has 0 spiro atoms. The summed E-state index contributed by atoms with van der Waals surface area (Å²) < 4.78 is 13.3. The fraction of sp³-hybridized carbons (Fsp3) is 0.583. The van der Waals surface area contributed by atoms with E-state index in [-0.39, 0.29) is 11.4 Å². The van der Waals surface area contributed by atoms with Gasteiger partial charge in [0.15, 0.2) is 0 Å². The normalized spacial score (nSPS) is 16.9. The summed E-state index contributed by atoms with van der Waals surface area (Å²) in [4.78, 5) is 3.81. The molecule has 0 radical (unpaired) electrons. The Balaban J connectivity index is 0.000000461. The van der Waals surface area contributed by atoms with E-state index in [2.05, 4.69) is 11.9 Å². The molecule has 0 aliphatic heterocycles. The van der Waals surface area contributed by atoms with Crippen molar-refractivity contribution >= 4 is 0 Å². The SMILES string of the molecule is CC.Cc1ccc(C2(C)CC2)c(F)n1. The summed E-state index contributed by atoms with van der Waals surface area (Å²) >= 11 is 0. The molecule has 1 aliphatic rings. The maximum absolute atomic E-state index is 13.3. The van der Waals surface area contributed by atoms with E-state index in [9.17, 15) is 4.39 Å². The molecule has 1 heterocycles. The second-order valence-electron chi connectivity index (χ2n) is 3.85. The van der Waals surface area contributed by atoms with E-state index in [1.807, 2.05) is 32.9 Å². The van der Waals surface area contributed by atoms with E-state index in [4.69, 9.17) is 0 Å². The number of nitrogens with zero attached hydrogens (tertiary/aromatic N) is 1. The van der Waals surface area contributed by atoms with Crippen LogP contribution in [0.15, 0.2) is 12.1 Å². The lowest BCUT2D eigenvalue weighted by Crippen LogP contribution is -2.05. The fourth-order valence-electron chi connectivity index (χ4n) is 1.43. The van der Waals surface area contributed by atoms with E-state index >= 15 is 0 Å². The van der Waals surface area contributed by atoms with E-state index in [0.29, 0.717) is 0 Å². The van der Waals surface area contributed by atoms with Crippen LogP contribution in [-0.2, 0) is 5.41 Å². The average molecular weight is 195 g/mol. The summed E-state index contributed by atoms with van der Waals surface area (Å²) in [5.74, 6) is -0.282. The van der Waals surface area contributed by atoms with Crippen LogP contribution in [-0.4, -0.2) is 4.98 Å². The maximum atomic E-state index is 13.3. The molecule has 0 bridgehead atoms. The molecule has 1 fully saturated rings. The highest BCUT2D eigenvalue weighted by Gasteiger charge is 2.41. The van der Waals surface area contributed by atoms with Gasteiger partial charge in [0.2, 0.25) is 5.95 Å². The number of rotatable bonds is 1. The molecule has 2 heteroatoms. The van der Waals surface area contributed by atoms with Crippen LogP contribution < -0.4 is 0 Å². The first-order chi connectivity index (χ1) is 6.62. The van der Waals surface area contributed by atoms with Crippen LogP contribution in [0.1, 0.15) is 44.9 Å². The van der Waals surface area contributed by atoms with Gasteiger partial charge < -0.3 is 0 Å². The van der Waals surface area contributed by atoms with Gasteiger partial charge in [0.1, 0.15) is 0 Å². The smallest absolute Gasteiger partial charge is 0.216 e. The van der Waals surface area contributed by atoms with Gasteiger partial charge >= 0.3 is 0 Å². The van der Waals surface area contributed by atoms with Crippen LogP contribution in [0.5, 0.6) is 0 Å². The van der Waals surface area contributed by atoms with Crippen molar-refractivity contribution < 1.29 is 4.39 Å². The van der Waals surface area contributed by atoms with Crippen LogP contribution in [0.2, 0.25) is 0 Å². The molecule has 0 saturated heterocycles. The van der Waals surface area contributed by atoms with Crippen LogP contribution >= 0.6 is 0 Å². The Kier molecular flexibility index (Phi) is 3.25. The van der Waals surface area contributed by atoms with Gasteiger partial charge in [-0.3, -0.25) is 0 Å². The molecular formula is C12H18FN. The summed E-state index contributed by atoms with van der Waals surface area (Å²) in [7, 11) is 0. The van der Waals surface area contributed by atoms with Gasteiger partial charge in [0.25, 0.3) is 0 Å². The van der Waals surface area contributed by atoms with Gasteiger partial charge in [-0.1, -0.05) is 26.8 Å². The summed E-state index contributed by atoms with van der Waals surface area (Å²) in [5.41, 5.74) is 1.62. The molecule has 1 saturated carbocycles. The zero-order valence-electron chi connectivity index (χ0n) is 9.39. The molecule has 0 N–H and O–H groups in total. The number of halogens is 1. The van der Waals surface area contributed by atoms with Crippen LogP contribution in [0.4, 0.5) is 4.39 Å². The number of hydrogen-bond donors (Lipinski definition) is 0. The quantitative estimate of drug-likeness (QED) is 0.624. The first-order valence-electron chi connectivity index (χ1n) is 5.25. The molecule has 0 unspecified atom stereocenters. The number of aromatic nitrogens is 1. The van der Waals surface area contributed by atoms with Crippen molar-refractivity contribution in [3.05, 3.63) is 29.3 Å². The van der Waals surface area contributed by atoms with Crippen molar-refractivity contribution in [2.45, 2.75) is 46.0 Å². The highest BCUT2D eigenvalue weighted by molar-refractivity contribution is 5.29. The predicted molar refractivity (Wildman–Crippen MR) is 56.9 cm³/mol. The zero-order chi connectivity index (χ0) is 10.8. The highest BCUT2D eigenvalue weighted by atomic mass is 19.1. The maximum Gasteiger partial charge on any atom is 0.216 e. The minimum atomic E-state index is -0.282. The third-order valence-electron chi connectivity index (χ3n) is 2.64. The van der Waals surface area contributed by atoms with Gasteiger partial charge in [-0.2, -0.15) is 4.39 Å². The Hall–Kier alpha value is -0.920. The van der Waals surface area contributed by atoms with Crippen molar-refractivity contribution in [2.75, 3.05) is 0 Å². The van der Waals surface area contributed by atoms with Gasteiger partial charge in [-0.25, -0.2) is 4.98 Å². The zero-order valence-corrected chi connectivity index (χ0v) is 9.39. The fourth-order valence-corrected chi connectivity index (χ4v) is 1.43. The Labute approximate surface area is 85.4 Å². The molecule has 0 atom stereocenters. The van der Waals surface area contributed by atoms with E-state index in [0.717, 1.165) is 24.1 Å². The van der Waals surface area contributed by atoms with Gasteiger partial charge in [0, 0.05) is 11.3 Å². The summed E-state index contributed by atoms with van der Waals surface area (Å²) in [6.45, 7) is 7.89. The van der Waals surface area contributed by atoms with Gasteiger partial charge in [0.05, 0.1) is 0 Å².